The third-order valence-electron chi connectivity index (χ3n) is 7.22. The van der Waals surface area contributed by atoms with Gasteiger partial charge in [0.2, 0.25) is 0 Å². The molecule has 0 unspecified atom stereocenters. The molecule has 0 aromatic heterocycles. The van der Waals surface area contributed by atoms with Crippen LogP contribution in [0.3, 0.4) is 0 Å². The summed E-state index contributed by atoms with van der Waals surface area (Å²) >= 11 is 0. The number of ether oxygens (including phenoxy) is 2. The molecule has 0 radical (unpaired) electrons. The van der Waals surface area contributed by atoms with E-state index in [1.165, 1.54) is 7.11 Å². The summed E-state index contributed by atoms with van der Waals surface area (Å²) in [7, 11) is 1.40. The average molecular weight is 433 g/mol. The first-order valence-electron chi connectivity index (χ1n) is 11.5. The first kappa shape index (κ1) is 23.6. The van der Waals surface area contributed by atoms with E-state index in [2.05, 4.69) is 33.8 Å². The molecule has 0 spiro atoms. The number of hydrogen-bond acceptors (Lipinski definition) is 4. The van der Waals surface area contributed by atoms with Gasteiger partial charge in [0.15, 0.2) is 0 Å². The SMILES string of the molecule is COC(=O)C1=CC[C@@H]2[C@@H](C1)c1c(O)cc(C(C)(C)CCCCCCF)cc1OC2(C)C. The number of allylic oxidation sites excluding steroid dienone is 1. The zero-order valence-corrected chi connectivity index (χ0v) is 19.6. The zero-order valence-electron chi connectivity index (χ0n) is 19.6. The molecule has 3 rings (SSSR count). The lowest BCUT2D eigenvalue weighted by molar-refractivity contribution is -0.136. The van der Waals surface area contributed by atoms with Gasteiger partial charge < -0.3 is 14.6 Å². The second-order valence-corrected chi connectivity index (χ2v) is 10.2. The fourth-order valence-corrected chi connectivity index (χ4v) is 5.24. The topological polar surface area (TPSA) is 55.8 Å². The van der Waals surface area contributed by atoms with Crippen molar-refractivity contribution in [3.63, 3.8) is 0 Å². The molecule has 1 aromatic carbocycles. The average Bonchev–Trinajstić information content (AvgIpc) is 2.71. The van der Waals surface area contributed by atoms with Crippen molar-refractivity contribution < 1.29 is 23.8 Å². The van der Waals surface area contributed by atoms with E-state index in [0.29, 0.717) is 24.8 Å². The van der Waals surface area contributed by atoms with Gasteiger partial charge in [-0.2, -0.15) is 0 Å². The minimum atomic E-state index is -0.405. The first-order valence-corrected chi connectivity index (χ1v) is 11.5. The van der Waals surface area contributed by atoms with Crippen molar-refractivity contribution in [1.29, 1.82) is 0 Å². The number of methoxy groups -OCH3 is 1. The standard InChI is InChI=1S/C26H37FO4/c1-25(2,12-8-6-7-9-13-27)18-15-21(28)23-19-14-17(24(29)30-5)10-11-20(19)26(3,4)31-22(23)16-18/h10,15-16,19-20,28H,6-9,11-14H2,1-5H3/t19-,20-/m1/s1. The van der Waals surface area contributed by atoms with Crippen LogP contribution in [0.25, 0.3) is 0 Å². The minimum absolute atomic E-state index is 0.00992. The van der Waals surface area contributed by atoms with Gasteiger partial charge in [0.1, 0.15) is 17.1 Å². The second kappa shape index (κ2) is 9.22. The van der Waals surface area contributed by atoms with E-state index in [1.807, 2.05) is 12.1 Å². The highest BCUT2D eigenvalue weighted by molar-refractivity contribution is 5.88. The Bertz CT molecular complexity index is 840. The van der Waals surface area contributed by atoms with Crippen LogP contribution < -0.4 is 4.74 Å². The molecule has 1 aromatic rings. The molecule has 4 nitrogen and oxygen atoms in total. The van der Waals surface area contributed by atoms with E-state index in [4.69, 9.17) is 9.47 Å². The fourth-order valence-electron chi connectivity index (χ4n) is 5.24. The molecule has 5 heteroatoms. The minimum Gasteiger partial charge on any atom is -0.508 e. The predicted molar refractivity (Wildman–Crippen MR) is 120 cm³/mol. The van der Waals surface area contributed by atoms with Crippen molar-refractivity contribution in [2.24, 2.45) is 5.92 Å². The number of carbonyl (C=O) groups excluding carboxylic acids is 1. The number of esters is 1. The van der Waals surface area contributed by atoms with E-state index in [1.54, 1.807) is 0 Å². The number of fused-ring (bicyclic) bond motifs is 3. The highest BCUT2D eigenvalue weighted by Gasteiger charge is 2.47. The molecule has 1 aliphatic heterocycles. The number of rotatable bonds is 8. The number of alkyl halides is 1. The summed E-state index contributed by atoms with van der Waals surface area (Å²) in [5.41, 5.74) is 1.99. The van der Waals surface area contributed by atoms with Crippen LogP contribution in [0.4, 0.5) is 4.39 Å². The van der Waals surface area contributed by atoms with E-state index < -0.39 is 5.60 Å². The Labute approximate surface area is 185 Å². The summed E-state index contributed by atoms with van der Waals surface area (Å²) in [6.45, 7) is 8.29. The fraction of sp³-hybridized carbons (Fsp3) is 0.654. The quantitative estimate of drug-likeness (QED) is 0.384. The van der Waals surface area contributed by atoms with Crippen LogP contribution in [0.1, 0.15) is 89.7 Å². The van der Waals surface area contributed by atoms with Gasteiger partial charge in [-0.1, -0.05) is 39.2 Å². The molecule has 0 fully saturated rings. The Morgan fingerprint density at radius 1 is 1.26 bits per heavy atom. The van der Waals surface area contributed by atoms with Crippen molar-refractivity contribution in [2.45, 2.75) is 89.6 Å². The molecule has 172 valence electrons. The van der Waals surface area contributed by atoms with Crippen LogP contribution in [-0.4, -0.2) is 30.5 Å². The number of phenolic OH excluding ortho intramolecular Hbond substituents is 1. The Balaban J connectivity index is 1.89. The van der Waals surface area contributed by atoms with Crippen LogP contribution in [0, 0.1) is 5.92 Å². The van der Waals surface area contributed by atoms with Crippen LogP contribution in [0.2, 0.25) is 0 Å². The predicted octanol–water partition coefficient (Wildman–Crippen LogP) is 6.35. The molecule has 2 aliphatic rings. The summed E-state index contributed by atoms with van der Waals surface area (Å²) in [5, 5.41) is 11.1. The molecular weight excluding hydrogens is 395 g/mol. The smallest absolute Gasteiger partial charge is 0.333 e. The summed E-state index contributed by atoms with van der Waals surface area (Å²) in [4.78, 5) is 12.1. The van der Waals surface area contributed by atoms with Crippen molar-refractivity contribution in [3.8, 4) is 11.5 Å². The molecule has 0 saturated heterocycles. The maximum Gasteiger partial charge on any atom is 0.333 e. The number of benzene rings is 1. The number of carbonyl (C=O) groups is 1. The Morgan fingerprint density at radius 3 is 2.65 bits per heavy atom. The van der Waals surface area contributed by atoms with Gasteiger partial charge in [0.25, 0.3) is 0 Å². The molecule has 0 saturated carbocycles. The largest absolute Gasteiger partial charge is 0.508 e. The molecule has 2 atom stereocenters. The molecule has 31 heavy (non-hydrogen) atoms. The van der Waals surface area contributed by atoms with Crippen molar-refractivity contribution in [2.75, 3.05) is 13.8 Å². The van der Waals surface area contributed by atoms with Gasteiger partial charge >= 0.3 is 5.97 Å². The molecule has 1 heterocycles. The molecule has 0 amide bonds. The normalized spacial score (nSPS) is 22.1. The Morgan fingerprint density at radius 2 is 1.97 bits per heavy atom. The van der Waals surface area contributed by atoms with Crippen LogP contribution >= 0.6 is 0 Å². The number of phenols is 1. The van der Waals surface area contributed by atoms with Crippen molar-refractivity contribution in [3.05, 3.63) is 34.9 Å². The lowest BCUT2D eigenvalue weighted by Crippen LogP contribution is -2.46. The van der Waals surface area contributed by atoms with Crippen LogP contribution in [-0.2, 0) is 14.9 Å². The summed E-state index contributed by atoms with van der Waals surface area (Å²) in [6.07, 6.45) is 7.76. The molecule has 1 aliphatic carbocycles. The summed E-state index contributed by atoms with van der Waals surface area (Å²) in [6, 6.07) is 3.94. The molecule has 0 bridgehead atoms. The summed E-state index contributed by atoms with van der Waals surface area (Å²) < 4.78 is 23.7. The zero-order chi connectivity index (χ0) is 22.8. The molecular formula is C26H37FO4. The van der Waals surface area contributed by atoms with Crippen molar-refractivity contribution >= 4 is 5.97 Å². The number of aromatic hydroxyl groups is 1. The Hall–Kier alpha value is -2.04. The highest BCUT2D eigenvalue weighted by Crippen LogP contribution is 2.55. The number of unbranched alkanes of at least 4 members (excludes halogenated alkanes) is 3. The van der Waals surface area contributed by atoms with E-state index in [-0.39, 0.29) is 35.6 Å². The van der Waals surface area contributed by atoms with Crippen molar-refractivity contribution in [1.82, 2.24) is 0 Å². The maximum atomic E-state index is 12.3. The van der Waals surface area contributed by atoms with Gasteiger partial charge in [0.05, 0.1) is 13.8 Å². The summed E-state index contributed by atoms with van der Waals surface area (Å²) in [5.74, 6) is 0.853. The van der Waals surface area contributed by atoms with E-state index in [9.17, 15) is 14.3 Å². The van der Waals surface area contributed by atoms with Gasteiger partial charge in [-0.15, -0.1) is 0 Å². The first-order chi connectivity index (χ1) is 14.6. The lowest BCUT2D eigenvalue weighted by atomic mass is 9.66. The van der Waals surface area contributed by atoms with Gasteiger partial charge in [0, 0.05) is 23.0 Å². The lowest BCUT2D eigenvalue weighted by Gasteiger charge is -2.47. The van der Waals surface area contributed by atoms with E-state index >= 15 is 0 Å². The van der Waals surface area contributed by atoms with Crippen LogP contribution in [0.15, 0.2) is 23.8 Å². The van der Waals surface area contributed by atoms with Gasteiger partial charge in [-0.3, -0.25) is 4.39 Å². The number of hydrogen-bond donors (Lipinski definition) is 1. The third kappa shape index (κ3) is 4.91. The monoisotopic (exact) mass is 432 g/mol. The van der Waals surface area contributed by atoms with Crippen LogP contribution in [0.5, 0.6) is 11.5 Å². The molecule has 1 N–H and O–H groups in total. The van der Waals surface area contributed by atoms with Gasteiger partial charge in [-0.05, 0) is 62.6 Å². The maximum absolute atomic E-state index is 12.3. The number of halogens is 1. The Kier molecular flexibility index (Phi) is 7.02. The highest BCUT2D eigenvalue weighted by atomic mass is 19.1. The third-order valence-corrected chi connectivity index (χ3v) is 7.22. The van der Waals surface area contributed by atoms with Gasteiger partial charge in [-0.25, -0.2) is 4.79 Å². The van der Waals surface area contributed by atoms with E-state index in [0.717, 1.165) is 42.6 Å². The second-order valence-electron chi connectivity index (χ2n) is 10.2.